The minimum Gasteiger partial charge on any atom is -0.379 e. The number of hydrogen-bond donors (Lipinski definition) is 1. The van der Waals surface area contributed by atoms with Gasteiger partial charge in [-0.2, -0.15) is 0 Å². The predicted molar refractivity (Wildman–Crippen MR) is 94.9 cm³/mol. The standard InChI is InChI=1S/C18H25N3OS/c1-13-2-4-15(19-11-13)14-3-5-17-16(10-14)20-18(23-17)12-21-6-8-22-9-7-21/h3,5,10,13,15,19H,2,4,6-9,11-12H2,1H3/t13-,15+/m0/s1. The first-order chi connectivity index (χ1) is 11.3. The number of morpholine rings is 1. The fourth-order valence-electron chi connectivity index (χ4n) is 3.51. The van der Waals surface area contributed by atoms with E-state index in [0.29, 0.717) is 6.04 Å². The number of thiazole rings is 1. The van der Waals surface area contributed by atoms with E-state index < -0.39 is 0 Å². The molecule has 2 aliphatic rings. The van der Waals surface area contributed by atoms with E-state index in [0.717, 1.165) is 50.8 Å². The van der Waals surface area contributed by atoms with Crippen LogP contribution in [-0.4, -0.2) is 42.7 Å². The third-order valence-corrected chi connectivity index (χ3v) is 6.00. The van der Waals surface area contributed by atoms with Crippen LogP contribution in [0.2, 0.25) is 0 Å². The van der Waals surface area contributed by atoms with Crippen LogP contribution in [0.25, 0.3) is 10.2 Å². The highest BCUT2D eigenvalue weighted by Gasteiger charge is 2.20. The highest BCUT2D eigenvalue weighted by atomic mass is 32.1. The molecular formula is C18H25N3OS. The summed E-state index contributed by atoms with van der Waals surface area (Å²) in [6.45, 7) is 8.14. The lowest BCUT2D eigenvalue weighted by atomic mass is 9.92. The SMILES string of the molecule is C[C@H]1CC[C@H](c2ccc3sc(CN4CCOCC4)nc3c2)NC1. The van der Waals surface area contributed by atoms with E-state index in [1.54, 1.807) is 0 Å². The van der Waals surface area contributed by atoms with Gasteiger partial charge in [-0.1, -0.05) is 13.0 Å². The molecule has 2 aromatic rings. The summed E-state index contributed by atoms with van der Waals surface area (Å²) in [5, 5.41) is 4.90. The molecule has 0 amide bonds. The van der Waals surface area contributed by atoms with Crippen molar-refractivity contribution in [2.24, 2.45) is 5.92 Å². The normalized spacial score (nSPS) is 26.7. The maximum atomic E-state index is 5.42. The van der Waals surface area contributed by atoms with Gasteiger partial charge in [0, 0.05) is 19.1 Å². The molecule has 0 saturated carbocycles. The van der Waals surface area contributed by atoms with Gasteiger partial charge in [-0.3, -0.25) is 4.90 Å². The second kappa shape index (κ2) is 6.85. The minimum atomic E-state index is 0.500. The van der Waals surface area contributed by atoms with Gasteiger partial charge in [-0.05, 0) is 43.0 Å². The molecule has 2 fully saturated rings. The van der Waals surface area contributed by atoms with E-state index in [1.807, 2.05) is 11.3 Å². The molecule has 0 radical (unpaired) electrons. The van der Waals surface area contributed by atoms with Crippen LogP contribution in [0.5, 0.6) is 0 Å². The fourth-order valence-corrected chi connectivity index (χ4v) is 4.50. The molecule has 0 bridgehead atoms. The molecule has 0 unspecified atom stereocenters. The van der Waals surface area contributed by atoms with Gasteiger partial charge in [0.25, 0.3) is 0 Å². The summed E-state index contributed by atoms with van der Waals surface area (Å²) >= 11 is 1.83. The Balaban J connectivity index is 1.50. The summed E-state index contributed by atoms with van der Waals surface area (Å²) in [6, 6.07) is 7.33. The molecule has 2 atom stereocenters. The van der Waals surface area contributed by atoms with Gasteiger partial charge in [0.2, 0.25) is 0 Å². The number of benzene rings is 1. The van der Waals surface area contributed by atoms with Crippen LogP contribution in [0.4, 0.5) is 0 Å². The van der Waals surface area contributed by atoms with Crippen molar-refractivity contribution in [3.05, 3.63) is 28.8 Å². The lowest BCUT2D eigenvalue weighted by Gasteiger charge is -2.28. The molecule has 0 spiro atoms. The number of hydrogen-bond acceptors (Lipinski definition) is 5. The van der Waals surface area contributed by atoms with E-state index in [4.69, 9.17) is 9.72 Å². The van der Waals surface area contributed by atoms with E-state index >= 15 is 0 Å². The number of ether oxygens (including phenoxy) is 1. The third kappa shape index (κ3) is 3.58. The maximum Gasteiger partial charge on any atom is 0.108 e. The molecule has 124 valence electrons. The summed E-state index contributed by atoms with van der Waals surface area (Å²) in [5.74, 6) is 0.800. The summed E-state index contributed by atoms with van der Waals surface area (Å²) < 4.78 is 6.73. The van der Waals surface area contributed by atoms with Crippen molar-refractivity contribution in [2.75, 3.05) is 32.8 Å². The molecule has 5 heteroatoms. The number of aromatic nitrogens is 1. The van der Waals surface area contributed by atoms with Gasteiger partial charge in [0.15, 0.2) is 0 Å². The first-order valence-electron chi connectivity index (χ1n) is 8.71. The van der Waals surface area contributed by atoms with Crippen LogP contribution in [-0.2, 0) is 11.3 Å². The van der Waals surface area contributed by atoms with E-state index in [2.05, 4.69) is 35.3 Å². The van der Waals surface area contributed by atoms with E-state index in [-0.39, 0.29) is 0 Å². The van der Waals surface area contributed by atoms with Crippen LogP contribution >= 0.6 is 11.3 Å². The fraction of sp³-hybridized carbons (Fsp3) is 0.611. The third-order valence-electron chi connectivity index (χ3n) is 4.98. The Morgan fingerprint density at radius 1 is 1.30 bits per heavy atom. The second-order valence-corrected chi connectivity index (χ2v) is 7.98. The smallest absolute Gasteiger partial charge is 0.108 e. The zero-order chi connectivity index (χ0) is 15.6. The predicted octanol–water partition coefficient (Wildman–Crippen LogP) is 3.19. The number of rotatable bonds is 3. The number of piperidine rings is 1. The van der Waals surface area contributed by atoms with Gasteiger partial charge in [-0.15, -0.1) is 11.3 Å². The first-order valence-corrected chi connectivity index (χ1v) is 9.52. The van der Waals surface area contributed by atoms with Gasteiger partial charge in [-0.25, -0.2) is 4.98 Å². The zero-order valence-corrected chi connectivity index (χ0v) is 14.6. The monoisotopic (exact) mass is 331 g/mol. The number of fused-ring (bicyclic) bond motifs is 1. The van der Waals surface area contributed by atoms with Crippen molar-refractivity contribution in [2.45, 2.75) is 32.4 Å². The lowest BCUT2D eigenvalue weighted by Crippen LogP contribution is -2.35. The maximum absolute atomic E-state index is 5.42. The molecule has 1 aromatic heterocycles. The van der Waals surface area contributed by atoms with Crippen molar-refractivity contribution in [3.63, 3.8) is 0 Å². The number of nitrogens with zero attached hydrogens (tertiary/aromatic N) is 2. The Kier molecular flexibility index (Phi) is 4.62. The molecule has 4 nitrogen and oxygen atoms in total. The highest BCUT2D eigenvalue weighted by molar-refractivity contribution is 7.18. The quantitative estimate of drug-likeness (QED) is 0.937. The Hall–Kier alpha value is -1.01. The molecule has 1 N–H and O–H groups in total. The summed E-state index contributed by atoms with van der Waals surface area (Å²) in [4.78, 5) is 7.32. The van der Waals surface area contributed by atoms with Crippen LogP contribution in [0.3, 0.4) is 0 Å². The van der Waals surface area contributed by atoms with E-state index in [9.17, 15) is 0 Å². The van der Waals surface area contributed by atoms with Crippen LogP contribution in [0.15, 0.2) is 18.2 Å². The average molecular weight is 331 g/mol. The van der Waals surface area contributed by atoms with Crippen LogP contribution in [0, 0.1) is 5.92 Å². The van der Waals surface area contributed by atoms with Crippen LogP contribution < -0.4 is 5.32 Å². The average Bonchev–Trinajstić information content (AvgIpc) is 2.98. The van der Waals surface area contributed by atoms with Crippen molar-refractivity contribution in [1.29, 1.82) is 0 Å². The minimum absolute atomic E-state index is 0.500. The largest absolute Gasteiger partial charge is 0.379 e. The highest BCUT2D eigenvalue weighted by Crippen LogP contribution is 2.30. The van der Waals surface area contributed by atoms with Crippen molar-refractivity contribution < 1.29 is 4.74 Å². The summed E-state index contributed by atoms with van der Waals surface area (Å²) in [7, 11) is 0. The molecule has 2 aliphatic heterocycles. The molecule has 1 aromatic carbocycles. The van der Waals surface area contributed by atoms with Gasteiger partial charge in [0.05, 0.1) is 30.0 Å². The van der Waals surface area contributed by atoms with Crippen molar-refractivity contribution >= 4 is 21.6 Å². The van der Waals surface area contributed by atoms with Crippen LogP contribution in [0.1, 0.15) is 36.4 Å². The molecule has 4 rings (SSSR count). The summed E-state index contributed by atoms with van der Waals surface area (Å²) in [6.07, 6.45) is 2.55. The van der Waals surface area contributed by atoms with Gasteiger partial charge in [0.1, 0.15) is 5.01 Å². The molecule has 2 saturated heterocycles. The Morgan fingerprint density at radius 3 is 2.96 bits per heavy atom. The lowest BCUT2D eigenvalue weighted by molar-refractivity contribution is 0.0342. The first kappa shape index (κ1) is 15.5. The van der Waals surface area contributed by atoms with Gasteiger partial charge >= 0.3 is 0 Å². The molecule has 3 heterocycles. The molecule has 23 heavy (non-hydrogen) atoms. The van der Waals surface area contributed by atoms with Gasteiger partial charge < -0.3 is 10.1 Å². The summed E-state index contributed by atoms with van der Waals surface area (Å²) in [5.41, 5.74) is 2.56. The Bertz CT molecular complexity index is 657. The molecular weight excluding hydrogens is 306 g/mol. The van der Waals surface area contributed by atoms with Crippen molar-refractivity contribution in [3.8, 4) is 0 Å². The Labute approximate surface area is 141 Å². The second-order valence-electron chi connectivity index (χ2n) is 6.87. The zero-order valence-electron chi connectivity index (χ0n) is 13.8. The Morgan fingerprint density at radius 2 is 2.17 bits per heavy atom. The van der Waals surface area contributed by atoms with E-state index in [1.165, 1.54) is 28.1 Å². The van der Waals surface area contributed by atoms with Crippen molar-refractivity contribution in [1.82, 2.24) is 15.2 Å². The molecule has 0 aliphatic carbocycles. The number of nitrogens with one attached hydrogen (secondary N) is 1. The topological polar surface area (TPSA) is 37.4 Å².